The minimum Gasteiger partial charge on any atom is -0.398 e. The number of nitrogens with zero attached hydrogens (tertiary/aromatic N) is 1. The van der Waals surface area contributed by atoms with Crippen LogP contribution in [0.1, 0.15) is 15.9 Å². The molecule has 0 bridgehead atoms. The zero-order chi connectivity index (χ0) is 12.3. The number of anilines is 1. The van der Waals surface area contributed by atoms with E-state index in [1.807, 2.05) is 6.92 Å². The van der Waals surface area contributed by atoms with Crippen LogP contribution in [0.4, 0.5) is 14.5 Å². The van der Waals surface area contributed by atoms with Crippen molar-refractivity contribution in [3.05, 3.63) is 29.3 Å². The Labute approximate surface area is 92.8 Å². The van der Waals surface area contributed by atoms with Gasteiger partial charge >= 0.3 is 0 Å². The predicted molar refractivity (Wildman–Crippen MR) is 58.6 cm³/mol. The third kappa shape index (κ3) is 2.92. The molecule has 0 fully saturated rings. The highest BCUT2D eigenvalue weighted by atomic mass is 19.3. The van der Waals surface area contributed by atoms with E-state index < -0.39 is 18.9 Å². The molecule has 2 N–H and O–H groups in total. The molecule has 0 atom stereocenters. The first-order chi connectivity index (χ1) is 7.41. The van der Waals surface area contributed by atoms with Gasteiger partial charge in [-0.05, 0) is 19.1 Å². The van der Waals surface area contributed by atoms with E-state index >= 15 is 0 Å². The molecule has 0 saturated carbocycles. The second kappa shape index (κ2) is 4.92. The van der Waals surface area contributed by atoms with Crippen molar-refractivity contribution in [3.8, 4) is 0 Å². The number of aryl methyl sites for hydroxylation is 1. The fraction of sp³-hybridized carbons (Fsp3) is 0.364. The van der Waals surface area contributed by atoms with Crippen molar-refractivity contribution in [1.82, 2.24) is 4.90 Å². The molecule has 0 saturated heterocycles. The van der Waals surface area contributed by atoms with E-state index in [4.69, 9.17) is 5.73 Å². The average Bonchev–Trinajstić information content (AvgIpc) is 2.19. The number of nitrogen functional groups attached to an aromatic ring is 1. The van der Waals surface area contributed by atoms with Gasteiger partial charge in [0.05, 0.1) is 12.1 Å². The lowest BCUT2D eigenvalue weighted by molar-refractivity contribution is 0.0621. The maximum absolute atomic E-state index is 12.1. The van der Waals surface area contributed by atoms with Gasteiger partial charge in [-0.25, -0.2) is 8.78 Å². The Kier molecular flexibility index (Phi) is 3.82. The maximum atomic E-state index is 12.1. The number of carbonyl (C=O) groups is 1. The second-order valence-corrected chi connectivity index (χ2v) is 3.67. The standard InChI is InChI=1S/C11H14F2N2O/c1-7-3-4-9(14)8(5-7)11(16)15(2)6-10(12)13/h3-5,10H,6,14H2,1-2H3. The summed E-state index contributed by atoms with van der Waals surface area (Å²) >= 11 is 0. The summed E-state index contributed by atoms with van der Waals surface area (Å²) < 4.78 is 24.2. The van der Waals surface area contributed by atoms with Crippen molar-refractivity contribution in [1.29, 1.82) is 0 Å². The molecule has 0 spiro atoms. The number of hydrogen-bond donors (Lipinski definition) is 1. The van der Waals surface area contributed by atoms with Crippen LogP contribution < -0.4 is 5.73 Å². The molecular formula is C11H14F2N2O. The van der Waals surface area contributed by atoms with Gasteiger partial charge in [0, 0.05) is 12.7 Å². The second-order valence-electron chi connectivity index (χ2n) is 3.67. The van der Waals surface area contributed by atoms with Crippen molar-refractivity contribution in [2.24, 2.45) is 0 Å². The molecule has 1 rings (SSSR count). The minimum absolute atomic E-state index is 0.267. The lowest BCUT2D eigenvalue weighted by Gasteiger charge is -2.17. The van der Waals surface area contributed by atoms with Crippen molar-refractivity contribution in [3.63, 3.8) is 0 Å². The van der Waals surface area contributed by atoms with E-state index in [2.05, 4.69) is 0 Å². The lowest BCUT2D eigenvalue weighted by atomic mass is 10.1. The topological polar surface area (TPSA) is 46.3 Å². The molecule has 0 aliphatic rings. The number of amides is 1. The normalized spacial score (nSPS) is 10.6. The number of carbonyl (C=O) groups excluding carboxylic acids is 1. The van der Waals surface area contributed by atoms with Crippen molar-refractivity contribution in [2.75, 3.05) is 19.3 Å². The first-order valence-corrected chi connectivity index (χ1v) is 4.81. The predicted octanol–water partition coefficient (Wildman–Crippen LogP) is 1.91. The average molecular weight is 228 g/mol. The molecule has 3 nitrogen and oxygen atoms in total. The van der Waals surface area contributed by atoms with Crippen molar-refractivity contribution >= 4 is 11.6 Å². The minimum atomic E-state index is -2.54. The fourth-order valence-corrected chi connectivity index (χ4v) is 1.35. The van der Waals surface area contributed by atoms with Crippen LogP contribution >= 0.6 is 0 Å². The molecule has 0 heterocycles. The van der Waals surface area contributed by atoms with E-state index in [-0.39, 0.29) is 5.56 Å². The van der Waals surface area contributed by atoms with Crippen LogP contribution in [0, 0.1) is 6.92 Å². The van der Waals surface area contributed by atoms with Gasteiger partial charge in [0.25, 0.3) is 12.3 Å². The fourth-order valence-electron chi connectivity index (χ4n) is 1.35. The van der Waals surface area contributed by atoms with Crippen LogP contribution in [0.3, 0.4) is 0 Å². The molecule has 16 heavy (non-hydrogen) atoms. The summed E-state index contributed by atoms with van der Waals surface area (Å²) in [6.07, 6.45) is -2.54. The quantitative estimate of drug-likeness (QED) is 0.803. The van der Waals surface area contributed by atoms with Gasteiger partial charge in [-0.1, -0.05) is 11.6 Å². The van der Waals surface area contributed by atoms with Crippen LogP contribution in [0.2, 0.25) is 0 Å². The number of rotatable bonds is 3. The summed E-state index contributed by atoms with van der Waals surface area (Å²) in [6, 6.07) is 4.96. The van der Waals surface area contributed by atoms with E-state index in [0.29, 0.717) is 5.69 Å². The van der Waals surface area contributed by atoms with Crippen molar-refractivity contribution in [2.45, 2.75) is 13.3 Å². The third-order valence-electron chi connectivity index (χ3n) is 2.20. The maximum Gasteiger partial charge on any atom is 0.255 e. The number of nitrogens with two attached hydrogens (primary N) is 1. The Morgan fingerprint density at radius 2 is 2.12 bits per heavy atom. The van der Waals surface area contributed by atoms with Gasteiger partial charge in [0.15, 0.2) is 0 Å². The van der Waals surface area contributed by atoms with Gasteiger partial charge < -0.3 is 10.6 Å². The van der Waals surface area contributed by atoms with E-state index in [1.54, 1.807) is 18.2 Å². The Morgan fingerprint density at radius 3 is 2.69 bits per heavy atom. The number of hydrogen-bond acceptors (Lipinski definition) is 2. The summed E-state index contributed by atoms with van der Waals surface area (Å²) in [6.45, 7) is 1.22. The zero-order valence-electron chi connectivity index (χ0n) is 9.21. The Hall–Kier alpha value is -1.65. The lowest BCUT2D eigenvalue weighted by Crippen LogP contribution is -2.31. The van der Waals surface area contributed by atoms with Gasteiger partial charge in [-0.15, -0.1) is 0 Å². The van der Waals surface area contributed by atoms with E-state index in [1.165, 1.54) is 7.05 Å². The summed E-state index contributed by atoms with van der Waals surface area (Å²) in [5, 5.41) is 0. The first-order valence-electron chi connectivity index (χ1n) is 4.81. The zero-order valence-corrected chi connectivity index (χ0v) is 9.21. The molecule has 0 radical (unpaired) electrons. The molecular weight excluding hydrogens is 214 g/mol. The van der Waals surface area contributed by atoms with Gasteiger partial charge in [-0.3, -0.25) is 4.79 Å². The molecule has 88 valence electrons. The molecule has 1 aromatic carbocycles. The number of benzene rings is 1. The van der Waals surface area contributed by atoms with E-state index in [9.17, 15) is 13.6 Å². The van der Waals surface area contributed by atoms with Crippen molar-refractivity contribution < 1.29 is 13.6 Å². The molecule has 0 aliphatic heterocycles. The summed E-state index contributed by atoms with van der Waals surface area (Å²) in [4.78, 5) is 12.7. The first kappa shape index (κ1) is 12.4. The Bertz CT molecular complexity index is 394. The number of alkyl halides is 2. The Morgan fingerprint density at radius 1 is 1.50 bits per heavy atom. The summed E-state index contributed by atoms with van der Waals surface area (Å²) in [7, 11) is 1.33. The van der Waals surface area contributed by atoms with Crippen LogP contribution in [0.5, 0.6) is 0 Å². The molecule has 1 aromatic rings. The van der Waals surface area contributed by atoms with E-state index in [0.717, 1.165) is 10.5 Å². The smallest absolute Gasteiger partial charge is 0.255 e. The van der Waals surface area contributed by atoms with Gasteiger partial charge in [0.1, 0.15) is 0 Å². The highest BCUT2D eigenvalue weighted by Gasteiger charge is 2.17. The number of halogens is 2. The van der Waals surface area contributed by atoms with Crippen LogP contribution in [-0.4, -0.2) is 30.8 Å². The molecule has 0 unspecified atom stereocenters. The van der Waals surface area contributed by atoms with Crippen LogP contribution in [0.25, 0.3) is 0 Å². The molecule has 0 aliphatic carbocycles. The highest BCUT2D eigenvalue weighted by Crippen LogP contribution is 2.16. The van der Waals surface area contributed by atoms with Gasteiger partial charge in [0.2, 0.25) is 0 Å². The van der Waals surface area contributed by atoms with Crippen LogP contribution in [-0.2, 0) is 0 Å². The molecule has 5 heteroatoms. The van der Waals surface area contributed by atoms with Gasteiger partial charge in [-0.2, -0.15) is 0 Å². The third-order valence-corrected chi connectivity index (χ3v) is 2.20. The SMILES string of the molecule is Cc1ccc(N)c(C(=O)N(C)CC(F)F)c1. The largest absolute Gasteiger partial charge is 0.398 e. The summed E-state index contributed by atoms with van der Waals surface area (Å²) in [5.41, 5.74) is 7.06. The molecule has 1 amide bonds. The summed E-state index contributed by atoms with van der Waals surface area (Å²) in [5.74, 6) is -0.485. The highest BCUT2D eigenvalue weighted by molar-refractivity contribution is 5.99. The monoisotopic (exact) mass is 228 g/mol. The van der Waals surface area contributed by atoms with Crippen LogP contribution in [0.15, 0.2) is 18.2 Å². The Balaban J connectivity index is 2.91. The molecule has 0 aromatic heterocycles.